The predicted octanol–water partition coefficient (Wildman–Crippen LogP) is 2.67. The molecule has 0 heterocycles. The number of carboxylic acids is 1. The molecule has 2 aromatic rings. The van der Waals surface area contributed by atoms with E-state index in [1.54, 1.807) is 0 Å². The van der Waals surface area contributed by atoms with Gasteiger partial charge in [0, 0.05) is 18.5 Å². The van der Waals surface area contributed by atoms with Gasteiger partial charge in [-0.1, -0.05) is 54.6 Å². The quantitative estimate of drug-likeness (QED) is 0.626. The fourth-order valence-electron chi connectivity index (χ4n) is 3.35. The third kappa shape index (κ3) is 4.82. The lowest BCUT2D eigenvalue weighted by atomic mass is 9.98. The molecule has 1 atom stereocenters. The molecule has 1 aliphatic rings. The lowest BCUT2D eigenvalue weighted by Gasteiger charge is -2.17. The number of hydrogen-bond acceptors (Lipinski definition) is 4. The third-order valence-electron chi connectivity index (χ3n) is 4.73. The van der Waals surface area contributed by atoms with Crippen LogP contribution in [0.2, 0.25) is 0 Å². The lowest BCUT2D eigenvalue weighted by Crippen LogP contribution is -2.45. The Morgan fingerprint density at radius 1 is 1.07 bits per heavy atom. The molecule has 150 valence electrons. The Labute approximate surface area is 168 Å². The average Bonchev–Trinajstić information content (AvgIpc) is 3.03. The molecular weight excluding hydrogens is 372 g/mol. The van der Waals surface area contributed by atoms with Gasteiger partial charge in [-0.15, -0.1) is 0 Å². The zero-order chi connectivity index (χ0) is 20.8. The maximum atomic E-state index is 12.2. The molecule has 0 saturated carbocycles. The van der Waals surface area contributed by atoms with E-state index in [9.17, 15) is 14.4 Å². The molecular formula is C22H22N2O5. The molecule has 0 aliphatic heterocycles. The van der Waals surface area contributed by atoms with Crippen LogP contribution < -0.4 is 10.6 Å². The second-order valence-corrected chi connectivity index (χ2v) is 6.68. The molecule has 29 heavy (non-hydrogen) atoms. The van der Waals surface area contributed by atoms with E-state index < -0.39 is 24.0 Å². The highest BCUT2D eigenvalue weighted by molar-refractivity contribution is 5.85. The summed E-state index contributed by atoms with van der Waals surface area (Å²) in [6.07, 6.45) is 1.56. The molecule has 0 radical (unpaired) electrons. The van der Waals surface area contributed by atoms with Gasteiger partial charge in [-0.2, -0.15) is 0 Å². The Balaban J connectivity index is 1.54. The van der Waals surface area contributed by atoms with E-state index in [0.29, 0.717) is 0 Å². The average molecular weight is 394 g/mol. The molecule has 7 heteroatoms. The first-order chi connectivity index (χ1) is 14.0. The van der Waals surface area contributed by atoms with Crippen molar-refractivity contribution in [2.24, 2.45) is 0 Å². The molecule has 7 nitrogen and oxygen atoms in total. The second kappa shape index (κ2) is 9.05. The SMILES string of the molecule is C[C@@H](NC(=O)OCC1c2ccccc2-c2ccccc21)C(=O)NC/C=C/C(=O)O. The van der Waals surface area contributed by atoms with Crippen LogP contribution in [0.25, 0.3) is 11.1 Å². The topological polar surface area (TPSA) is 105 Å². The minimum absolute atomic E-state index is 0.0570. The van der Waals surface area contributed by atoms with Crippen LogP contribution in [0.1, 0.15) is 24.0 Å². The van der Waals surface area contributed by atoms with Gasteiger partial charge < -0.3 is 20.5 Å². The summed E-state index contributed by atoms with van der Waals surface area (Å²) in [7, 11) is 0. The molecule has 0 unspecified atom stereocenters. The maximum absolute atomic E-state index is 12.2. The fourth-order valence-corrected chi connectivity index (χ4v) is 3.35. The van der Waals surface area contributed by atoms with Crippen molar-refractivity contribution in [1.82, 2.24) is 10.6 Å². The number of carbonyl (C=O) groups excluding carboxylic acids is 2. The van der Waals surface area contributed by atoms with E-state index in [1.165, 1.54) is 13.0 Å². The van der Waals surface area contributed by atoms with Gasteiger partial charge in [0.05, 0.1) is 0 Å². The summed E-state index contributed by atoms with van der Waals surface area (Å²) in [6, 6.07) is 15.2. The van der Waals surface area contributed by atoms with Gasteiger partial charge in [0.25, 0.3) is 0 Å². The molecule has 3 rings (SSSR count). The van der Waals surface area contributed by atoms with Crippen LogP contribution in [0.5, 0.6) is 0 Å². The summed E-state index contributed by atoms with van der Waals surface area (Å²) in [5.41, 5.74) is 4.49. The molecule has 0 aromatic heterocycles. The van der Waals surface area contributed by atoms with Crippen LogP contribution in [0.3, 0.4) is 0 Å². The van der Waals surface area contributed by atoms with Gasteiger partial charge in [-0.05, 0) is 29.2 Å². The van der Waals surface area contributed by atoms with E-state index >= 15 is 0 Å². The Hall–Kier alpha value is -3.61. The zero-order valence-corrected chi connectivity index (χ0v) is 15.9. The molecule has 0 fully saturated rings. The Morgan fingerprint density at radius 2 is 1.66 bits per heavy atom. The zero-order valence-electron chi connectivity index (χ0n) is 15.9. The minimum atomic E-state index is -1.09. The normalized spacial score (nSPS) is 13.4. The highest BCUT2D eigenvalue weighted by Crippen LogP contribution is 2.44. The van der Waals surface area contributed by atoms with Crippen LogP contribution >= 0.6 is 0 Å². The molecule has 3 N–H and O–H groups in total. The molecule has 0 spiro atoms. The number of nitrogens with one attached hydrogen (secondary N) is 2. The van der Waals surface area contributed by atoms with E-state index in [-0.39, 0.29) is 19.1 Å². The number of hydrogen-bond donors (Lipinski definition) is 3. The van der Waals surface area contributed by atoms with Gasteiger partial charge in [0.2, 0.25) is 5.91 Å². The van der Waals surface area contributed by atoms with E-state index in [2.05, 4.69) is 22.8 Å². The summed E-state index contributed by atoms with van der Waals surface area (Å²) in [4.78, 5) is 34.5. The summed E-state index contributed by atoms with van der Waals surface area (Å²) in [5, 5.41) is 13.5. The van der Waals surface area contributed by atoms with Crippen molar-refractivity contribution < 1.29 is 24.2 Å². The van der Waals surface area contributed by atoms with E-state index in [4.69, 9.17) is 9.84 Å². The van der Waals surface area contributed by atoms with Gasteiger partial charge in [-0.3, -0.25) is 4.79 Å². The largest absolute Gasteiger partial charge is 0.478 e. The number of carbonyl (C=O) groups is 3. The summed E-state index contributed by atoms with van der Waals surface area (Å²) in [5.74, 6) is -1.59. The first-order valence-corrected chi connectivity index (χ1v) is 9.26. The molecule has 1 aliphatic carbocycles. The summed E-state index contributed by atoms with van der Waals surface area (Å²) >= 11 is 0. The number of fused-ring (bicyclic) bond motifs is 3. The van der Waals surface area contributed by atoms with Crippen LogP contribution in [0.4, 0.5) is 4.79 Å². The van der Waals surface area contributed by atoms with Crippen LogP contribution in [-0.2, 0) is 14.3 Å². The van der Waals surface area contributed by atoms with Crippen LogP contribution in [-0.4, -0.2) is 42.3 Å². The van der Waals surface area contributed by atoms with Crippen molar-refractivity contribution in [2.45, 2.75) is 18.9 Å². The van der Waals surface area contributed by atoms with E-state index in [1.807, 2.05) is 36.4 Å². The van der Waals surface area contributed by atoms with E-state index in [0.717, 1.165) is 28.3 Å². The summed E-state index contributed by atoms with van der Waals surface area (Å²) in [6.45, 7) is 1.75. The lowest BCUT2D eigenvalue weighted by molar-refractivity contribution is -0.131. The van der Waals surface area contributed by atoms with Crippen molar-refractivity contribution in [3.05, 3.63) is 71.8 Å². The molecule has 2 amide bonds. The van der Waals surface area contributed by atoms with Crippen LogP contribution in [0.15, 0.2) is 60.7 Å². The first kappa shape index (κ1) is 20.1. The highest BCUT2D eigenvalue weighted by atomic mass is 16.5. The van der Waals surface area contributed by atoms with Crippen molar-refractivity contribution in [1.29, 1.82) is 0 Å². The maximum Gasteiger partial charge on any atom is 0.407 e. The molecule has 2 aromatic carbocycles. The monoisotopic (exact) mass is 394 g/mol. The van der Waals surface area contributed by atoms with Crippen molar-refractivity contribution in [3.63, 3.8) is 0 Å². The van der Waals surface area contributed by atoms with Gasteiger partial charge in [0.1, 0.15) is 12.6 Å². The molecule has 0 saturated heterocycles. The standard InChI is InChI=1S/C22H22N2O5/c1-14(21(27)23-12-6-11-20(25)26)24-22(28)29-13-19-17-9-4-2-7-15(17)16-8-3-5-10-18(16)19/h2-11,14,19H,12-13H2,1H3,(H,23,27)(H,24,28)(H,25,26)/b11-6+/t14-/m1/s1. The number of rotatable bonds is 7. The number of carboxylic acid groups (broad SMARTS) is 1. The Bertz CT molecular complexity index is 908. The smallest absolute Gasteiger partial charge is 0.407 e. The van der Waals surface area contributed by atoms with Gasteiger partial charge in [-0.25, -0.2) is 9.59 Å². The first-order valence-electron chi connectivity index (χ1n) is 9.26. The van der Waals surface area contributed by atoms with Gasteiger partial charge >= 0.3 is 12.1 Å². The summed E-state index contributed by atoms with van der Waals surface area (Å²) < 4.78 is 5.40. The second-order valence-electron chi connectivity index (χ2n) is 6.68. The van der Waals surface area contributed by atoms with Gasteiger partial charge in [0.15, 0.2) is 0 Å². The fraction of sp³-hybridized carbons (Fsp3) is 0.227. The van der Waals surface area contributed by atoms with Crippen molar-refractivity contribution in [3.8, 4) is 11.1 Å². The van der Waals surface area contributed by atoms with Crippen LogP contribution in [0, 0.1) is 0 Å². The minimum Gasteiger partial charge on any atom is -0.478 e. The number of aliphatic carboxylic acids is 1. The number of alkyl carbamates (subject to hydrolysis) is 1. The third-order valence-corrected chi connectivity index (χ3v) is 4.73. The molecule has 0 bridgehead atoms. The Morgan fingerprint density at radius 3 is 2.24 bits per heavy atom. The number of ether oxygens (including phenoxy) is 1. The predicted molar refractivity (Wildman–Crippen MR) is 107 cm³/mol. The number of amides is 2. The Kier molecular flexibility index (Phi) is 6.29. The van der Waals surface area contributed by atoms with Crippen molar-refractivity contribution >= 4 is 18.0 Å². The number of benzene rings is 2. The van der Waals surface area contributed by atoms with Crippen molar-refractivity contribution in [2.75, 3.05) is 13.2 Å². The highest BCUT2D eigenvalue weighted by Gasteiger charge is 2.29.